The molecule has 2 rings (SSSR count). The van der Waals surface area contributed by atoms with E-state index in [9.17, 15) is 4.79 Å². The van der Waals surface area contributed by atoms with E-state index in [4.69, 9.17) is 0 Å². The van der Waals surface area contributed by atoms with Gasteiger partial charge in [-0.1, -0.05) is 30.3 Å². The highest BCUT2D eigenvalue weighted by Crippen LogP contribution is 2.25. The van der Waals surface area contributed by atoms with Crippen molar-refractivity contribution in [1.82, 2.24) is 0 Å². The molecule has 0 bridgehead atoms. The number of carbonyl (C=O) groups is 1. The minimum absolute atomic E-state index is 0.122. The first kappa shape index (κ1) is 8.87. The maximum Gasteiger partial charge on any atom is 0.179 e. The van der Waals surface area contributed by atoms with Gasteiger partial charge in [0, 0.05) is 6.21 Å². The van der Waals surface area contributed by atoms with Gasteiger partial charge in [-0.2, -0.15) is 0 Å². The smallest absolute Gasteiger partial charge is 0.179 e. The van der Waals surface area contributed by atoms with Crippen LogP contribution in [0.2, 0.25) is 0 Å². The summed E-state index contributed by atoms with van der Waals surface area (Å²) < 4.78 is -0.192. The van der Waals surface area contributed by atoms with Crippen molar-refractivity contribution in [2.45, 2.75) is 9.97 Å². The van der Waals surface area contributed by atoms with E-state index < -0.39 is 0 Å². The first-order chi connectivity index (χ1) is 6.29. The van der Waals surface area contributed by atoms with E-state index in [1.165, 1.54) is 0 Å². The van der Waals surface area contributed by atoms with Crippen molar-refractivity contribution in [2.24, 2.45) is 4.99 Å². The van der Waals surface area contributed by atoms with Gasteiger partial charge in [0.05, 0.1) is 5.92 Å². The summed E-state index contributed by atoms with van der Waals surface area (Å²) in [7, 11) is 0. The Labute approximate surface area is 90.2 Å². The molecule has 1 aliphatic rings. The van der Waals surface area contributed by atoms with Gasteiger partial charge in [-0.3, -0.25) is 9.79 Å². The minimum atomic E-state index is -0.192. The lowest BCUT2D eigenvalue weighted by Gasteiger charge is -2.05. The molecule has 13 heavy (non-hydrogen) atoms. The quantitative estimate of drug-likeness (QED) is 0.442. The molecule has 0 aliphatic carbocycles. The number of rotatable bonds is 1. The van der Waals surface area contributed by atoms with Crippen LogP contribution >= 0.6 is 22.6 Å². The Morgan fingerprint density at radius 2 is 1.92 bits per heavy atom. The molecule has 0 saturated carbocycles. The lowest BCUT2D eigenvalue weighted by Crippen LogP contribution is -2.14. The highest BCUT2D eigenvalue weighted by molar-refractivity contribution is 14.1. The molecule has 1 aromatic carbocycles. The average molecular weight is 285 g/mol. The van der Waals surface area contributed by atoms with Gasteiger partial charge >= 0.3 is 0 Å². The maximum atomic E-state index is 11.6. The van der Waals surface area contributed by atoms with Crippen molar-refractivity contribution < 1.29 is 4.79 Å². The number of hydrogen-bond donors (Lipinski definition) is 0. The van der Waals surface area contributed by atoms with Gasteiger partial charge in [-0.25, -0.2) is 0 Å². The molecule has 0 amide bonds. The lowest BCUT2D eigenvalue weighted by atomic mass is 9.98. The monoisotopic (exact) mass is 285 g/mol. The second-order valence-electron chi connectivity index (χ2n) is 2.92. The SMILES string of the molecule is O=C1C(I)N=CC1c1ccccc1. The van der Waals surface area contributed by atoms with Crippen LogP contribution in [-0.4, -0.2) is 16.0 Å². The Balaban J connectivity index is 2.30. The third kappa shape index (κ3) is 1.65. The zero-order chi connectivity index (χ0) is 9.26. The van der Waals surface area contributed by atoms with Gasteiger partial charge in [-0.05, 0) is 28.2 Å². The van der Waals surface area contributed by atoms with Gasteiger partial charge < -0.3 is 0 Å². The Hall–Kier alpha value is -0.710. The number of alkyl halides is 1. The zero-order valence-corrected chi connectivity index (χ0v) is 9.01. The van der Waals surface area contributed by atoms with Gasteiger partial charge in [0.15, 0.2) is 9.83 Å². The molecule has 2 nitrogen and oxygen atoms in total. The van der Waals surface area contributed by atoms with Crippen LogP contribution in [0.1, 0.15) is 11.5 Å². The van der Waals surface area contributed by atoms with Gasteiger partial charge in [0.1, 0.15) is 0 Å². The van der Waals surface area contributed by atoms with E-state index in [2.05, 4.69) is 27.6 Å². The second-order valence-corrected chi connectivity index (χ2v) is 4.10. The average Bonchev–Trinajstić information content (AvgIpc) is 2.49. The standard InChI is InChI=1S/C10H8INO/c11-10-9(13)8(6-12-10)7-4-2-1-3-5-7/h1-6,8,10H. The molecule has 0 fully saturated rings. The van der Waals surface area contributed by atoms with Crippen LogP contribution in [0, 0.1) is 0 Å². The number of benzene rings is 1. The van der Waals surface area contributed by atoms with Gasteiger partial charge in [-0.15, -0.1) is 0 Å². The first-order valence-corrected chi connectivity index (χ1v) is 5.29. The molecule has 2 atom stereocenters. The Bertz CT molecular complexity index is 347. The molecule has 2 unspecified atom stereocenters. The van der Waals surface area contributed by atoms with Crippen LogP contribution in [0.4, 0.5) is 0 Å². The van der Waals surface area contributed by atoms with E-state index in [0.717, 1.165) is 5.56 Å². The van der Waals surface area contributed by atoms with Crippen molar-refractivity contribution in [3.05, 3.63) is 35.9 Å². The molecular formula is C10H8INO. The van der Waals surface area contributed by atoms with Crippen molar-refractivity contribution in [2.75, 3.05) is 0 Å². The van der Waals surface area contributed by atoms with Crippen molar-refractivity contribution in [1.29, 1.82) is 0 Å². The molecule has 1 heterocycles. The predicted molar refractivity (Wildman–Crippen MR) is 60.5 cm³/mol. The summed E-state index contributed by atoms with van der Waals surface area (Å²) in [6, 6.07) is 9.75. The summed E-state index contributed by atoms with van der Waals surface area (Å²) >= 11 is 2.05. The van der Waals surface area contributed by atoms with Crippen LogP contribution in [0.3, 0.4) is 0 Å². The number of halogens is 1. The van der Waals surface area contributed by atoms with Crippen LogP contribution in [0.15, 0.2) is 35.3 Å². The Kier molecular flexibility index (Phi) is 2.44. The molecule has 66 valence electrons. The lowest BCUT2D eigenvalue weighted by molar-refractivity contribution is -0.117. The van der Waals surface area contributed by atoms with Crippen molar-refractivity contribution >= 4 is 34.6 Å². The minimum Gasteiger partial charge on any atom is -0.295 e. The van der Waals surface area contributed by atoms with Crippen LogP contribution in [0.5, 0.6) is 0 Å². The molecule has 0 radical (unpaired) electrons. The van der Waals surface area contributed by atoms with Crippen LogP contribution in [0.25, 0.3) is 0 Å². The normalized spacial score (nSPS) is 26.7. The molecule has 0 saturated heterocycles. The van der Waals surface area contributed by atoms with E-state index >= 15 is 0 Å². The fourth-order valence-electron chi connectivity index (χ4n) is 1.37. The summed E-state index contributed by atoms with van der Waals surface area (Å²) in [4.78, 5) is 15.7. The predicted octanol–water partition coefficient (Wildman–Crippen LogP) is 2.18. The van der Waals surface area contributed by atoms with Crippen molar-refractivity contribution in [3.8, 4) is 0 Å². The van der Waals surface area contributed by atoms with Crippen molar-refractivity contribution in [3.63, 3.8) is 0 Å². The molecule has 3 heteroatoms. The fourth-order valence-corrected chi connectivity index (χ4v) is 1.94. The highest BCUT2D eigenvalue weighted by Gasteiger charge is 2.29. The summed E-state index contributed by atoms with van der Waals surface area (Å²) in [5.74, 6) is 0.0647. The summed E-state index contributed by atoms with van der Waals surface area (Å²) in [5, 5.41) is 0. The number of carbonyl (C=O) groups excluding carboxylic acids is 1. The van der Waals surface area contributed by atoms with E-state index in [-0.39, 0.29) is 15.7 Å². The van der Waals surface area contributed by atoms with Gasteiger partial charge in [0.25, 0.3) is 0 Å². The van der Waals surface area contributed by atoms with E-state index in [1.54, 1.807) is 6.21 Å². The molecule has 1 aliphatic heterocycles. The highest BCUT2D eigenvalue weighted by atomic mass is 127. The molecule has 0 aromatic heterocycles. The molecular weight excluding hydrogens is 277 g/mol. The van der Waals surface area contributed by atoms with Crippen LogP contribution < -0.4 is 0 Å². The van der Waals surface area contributed by atoms with Gasteiger partial charge in [0.2, 0.25) is 0 Å². The topological polar surface area (TPSA) is 29.4 Å². The maximum absolute atomic E-state index is 11.6. The molecule has 0 spiro atoms. The zero-order valence-electron chi connectivity index (χ0n) is 6.85. The number of ketones is 1. The third-order valence-corrected chi connectivity index (χ3v) is 3.00. The fraction of sp³-hybridized carbons (Fsp3) is 0.200. The summed E-state index contributed by atoms with van der Waals surface area (Å²) in [6.07, 6.45) is 1.74. The Morgan fingerprint density at radius 3 is 2.46 bits per heavy atom. The van der Waals surface area contributed by atoms with Crippen LogP contribution in [-0.2, 0) is 4.79 Å². The first-order valence-electron chi connectivity index (χ1n) is 4.05. The van der Waals surface area contributed by atoms with E-state index in [1.807, 2.05) is 30.3 Å². The summed E-state index contributed by atoms with van der Waals surface area (Å²) in [5.41, 5.74) is 1.04. The number of aliphatic imine (C=N–C) groups is 1. The Morgan fingerprint density at radius 1 is 1.23 bits per heavy atom. The molecule has 0 N–H and O–H groups in total. The summed E-state index contributed by atoms with van der Waals surface area (Å²) in [6.45, 7) is 0. The largest absolute Gasteiger partial charge is 0.295 e. The third-order valence-electron chi connectivity index (χ3n) is 2.07. The molecule has 1 aromatic rings. The second kappa shape index (κ2) is 3.57. The number of hydrogen-bond acceptors (Lipinski definition) is 2. The number of nitrogens with zero attached hydrogens (tertiary/aromatic N) is 1. The van der Waals surface area contributed by atoms with E-state index in [0.29, 0.717) is 0 Å². The number of Topliss-reactive ketones (excluding diaryl/α,β-unsaturated/α-hetero) is 1.